The molecule has 0 aliphatic carbocycles. The van der Waals surface area contributed by atoms with E-state index in [-0.39, 0.29) is 21.1 Å². The predicted molar refractivity (Wildman–Crippen MR) is 111 cm³/mol. The number of aromatic nitrogens is 6. The van der Waals surface area contributed by atoms with Crippen LogP contribution in [0, 0.1) is 27.7 Å². The van der Waals surface area contributed by atoms with Crippen molar-refractivity contribution in [1.82, 2.24) is 30.4 Å². The van der Waals surface area contributed by atoms with Crippen LogP contribution in [0.2, 0.25) is 0 Å². The van der Waals surface area contributed by atoms with Gasteiger partial charge in [-0.2, -0.15) is 0 Å². The van der Waals surface area contributed by atoms with Crippen LogP contribution < -0.4 is 10.2 Å². The monoisotopic (exact) mass is 565 g/mol. The molecule has 0 radical (unpaired) electrons. The van der Waals surface area contributed by atoms with Crippen molar-refractivity contribution in [3.8, 4) is 0 Å². The molecular weight excluding hydrogens is 543 g/mol. The Kier molecular flexibility index (Phi) is 8.22. The largest absolute Gasteiger partial charge is 2.00 e. The minimum Gasteiger partial charge on any atom is -0.579 e. The average molecular weight is 566 g/mol. The first-order valence-electron chi connectivity index (χ1n) is 8.98. The number of fused-ring (bicyclic) bond motifs is 3. The SMILES string of the molecule is Cc1cc(C)[n-]n1.Cc1cc(C)[n-]n1.[Pt+2].c1cnc2c(c1)ccc1cccnc12. The molecule has 7 heteroatoms. The number of nitrogens with zero attached hydrogens (tertiary/aromatic N) is 6. The van der Waals surface area contributed by atoms with Gasteiger partial charge in [-0.3, -0.25) is 9.97 Å². The summed E-state index contributed by atoms with van der Waals surface area (Å²) in [5.74, 6) is 0. The van der Waals surface area contributed by atoms with E-state index in [1.54, 1.807) is 12.4 Å². The first-order valence-corrected chi connectivity index (χ1v) is 8.98. The Morgan fingerprint density at radius 3 is 1.31 bits per heavy atom. The predicted octanol–water partition coefficient (Wildman–Crippen LogP) is 4.09. The molecule has 0 N–H and O–H groups in total. The van der Waals surface area contributed by atoms with Gasteiger partial charge >= 0.3 is 21.1 Å². The molecule has 0 aliphatic rings. The number of rotatable bonds is 0. The summed E-state index contributed by atoms with van der Waals surface area (Å²) < 4.78 is 0. The van der Waals surface area contributed by atoms with Gasteiger partial charge in [-0.1, -0.05) is 50.2 Å². The van der Waals surface area contributed by atoms with Crippen LogP contribution in [-0.2, 0) is 21.1 Å². The molecular formula is C22H22N6Pt. The molecule has 5 aromatic rings. The van der Waals surface area contributed by atoms with Crippen molar-refractivity contribution in [3.05, 3.63) is 83.7 Å². The van der Waals surface area contributed by atoms with Gasteiger partial charge in [0, 0.05) is 34.6 Å². The molecule has 0 saturated carbocycles. The van der Waals surface area contributed by atoms with Crippen molar-refractivity contribution >= 4 is 21.8 Å². The summed E-state index contributed by atoms with van der Waals surface area (Å²) in [6.07, 6.45) is 3.60. The molecule has 0 aliphatic heterocycles. The maximum Gasteiger partial charge on any atom is 2.00 e. The van der Waals surface area contributed by atoms with Crippen molar-refractivity contribution in [2.75, 3.05) is 0 Å². The topological polar surface area (TPSA) is 79.8 Å². The molecule has 5 rings (SSSR count). The summed E-state index contributed by atoms with van der Waals surface area (Å²) in [6.45, 7) is 7.72. The van der Waals surface area contributed by atoms with Gasteiger partial charge in [0.1, 0.15) is 0 Å². The number of aryl methyl sites for hydroxylation is 4. The zero-order valence-corrected chi connectivity index (χ0v) is 19.0. The number of pyridine rings is 2. The molecule has 0 spiro atoms. The number of hydrogen-bond acceptors (Lipinski definition) is 4. The summed E-state index contributed by atoms with van der Waals surface area (Å²) in [7, 11) is 0. The van der Waals surface area contributed by atoms with Crippen LogP contribution >= 0.6 is 0 Å². The van der Waals surface area contributed by atoms with Crippen LogP contribution in [0.15, 0.2) is 60.9 Å². The molecule has 6 nitrogen and oxygen atoms in total. The molecule has 0 saturated heterocycles. The maximum atomic E-state index is 4.35. The molecule has 0 bridgehead atoms. The number of benzene rings is 1. The first kappa shape index (κ1) is 22.4. The van der Waals surface area contributed by atoms with Gasteiger partial charge < -0.3 is 20.4 Å². The van der Waals surface area contributed by atoms with Crippen LogP contribution in [0.3, 0.4) is 0 Å². The van der Waals surface area contributed by atoms with Crippen LogP contribution in [0.25, 0.3) is 21.8 Å². The fraction of sp³-hybridized carbons (Fsp3) is 0.182. The third-order valence-corrected chi connectivity index (χ3v) is 3.91. The zero-order valence-electron chi connectivity index (χ0n) is 16.8. The fourth-order valence-electron chi connectivity index (χ4n) is 2.72. The second-order valence-electron chi connectivity index (χ2n) is 6.47. The zero-order chi connectivity index (χ0) is 19.9. The van der Waals surface area contributed by atoms with E-state index in [0.717, 1.165) is 44.6 Å². The van der Waals surface area contributed by atoms with Crippen LogP contribution in [0.5, 0.6) is 0 Å². The van der Waals surface area contributed by atoms with Gasteiger partial charge in [-0.15, -0.1) is 11.4 Å². The third kappa shape index (κ3) is 6.33. The minimum absolute atomic E-state index is 0. The van der Waals surface area contributed by atoms with E-state index in [4.69, 9.17) is 0 Å². The molecule has 150 valence electrons. The second-order valence-corrected chi connectivity index (χ2v) is 6.47. The van der Waals surface area contributed by atoms with E-state index in [0.29, 0.717) is 0 Å². The van der Waals surface area contributed by atoms with E-state index in [1.807, 2.05) is 52.0 Å². The van der Waals surface area contributed by atoms with Gasteiger partial charge in [0.25, 0.3) is 0 Å². The van der Waals surface area contributed by atoms with E-state index >= 15 is 0 Å². The van der Waals surface area contributed by atoms with Crippen molar-refractivity contribution in [2.45, 2.75) is 27.7 Å². The summed E-state index contributed by atoms with van der Waals surface area (Å²) in [5, 5.41) is 17.3. The molecule has 1 aromatic carbocycles. The third-order valence-electron chi connectivity index (χ3n) is 3.91. The molecule has 29 heavy (non-hydrogen) atoms. The Bertz CT molecular complexity index is 1050. The van der Waals surface area contributed by atoms with Gasteiger partial charge in [0.15, 0.2) is 0 Å². The van der Waals surface area contributed by atoms with E-state index < -0.39 is 0 Å². The van der Waals surface area contributed by atoms with Gasteiger partial charge in [-0.05, 0) is 26.0 Å². The van der Waals surface area contributed by atoms with Crippen molar-refractivity contribution in [2.24, 2.45) is 0 Å². The summed E-state index contributed by atoms with van der Waals surface area (Å²) in [6, 6.07) is 16.0. The molecule has 0 amide bonds. The maximum absolute atomic E-state index is 4.35. The molecule has 4 aromatic heterocycles. The Morgan fingerprint density at radius 2 is 1.03 bits per heavy atom. The van der Waals surface area contributed by atoms with E-state index in [9.17, 15) is 0 Å². The Balaban J connectivity index is 0.000000170. The van der Waals surface area contributed by atoms with Crippen molar-refractivity contribution in [3.63, 3.8) is 0 Å². The average Bonchev–Trinajstić information content (AvgIpc) is 3.28. The molecule has 0 unspecified atom stereocenters. The molecule has 4 heterocycles. The van der Waals surface area contributed by atoms with Crippen LogP contribution in [0.4, 0.5) is 0 Å². The second kappa shape index (κ2) is 10.6. The first-order chi connectivity index (χ1) is 13.5. The van der Waals surface area contributed by atoms with Gasteiger partial charge in [0.05, 0.1) is 11.0 Å². The van der Waals surface area contributed by atoms with Crippen LogP contribution in [0.1, 0.15) is 22.8 Å². The number of hydrogen-bond donors (Lipinski definition) is 0. The summed E-state index contributed by atoms with van der Waals surface area (Å²) in [4.78, 5) is 8.69. The fourth-order valence-corrected chi connectivity index (χ4v) is 2.72. The Labute approximate surface area is 184 Å². The van der Waals surface area contributed by atoms with E-state index in [2.05, 4.69) is 54.6 Å². The summed E-state index contributed by atoms with van der Waals surface area (Å²) >= 11 is 0. The van der Waals surface area contributed by atoms with Crippen molar-refractivity contribution < 1.29 is 21.1 Å². The molecule has 0 fully saturated rings. The smallest absolute Gasteiger partial charge is 0.579 e. The van der Waals surface area contributed by atoms with Gasteiger partial charge in [0.2, 0.25) is 0 Å². The normalized spacial score (nSPS) is 9.79. The van der Waals surface area contributed by atoms with Crippen molar-refractivity contribution in [1.29, 1.82) is 0 Å². The quantitative estimate of drug-likeness (QED) is 0.263. The minimum atomic E-state index is 0. The standard InChI is InChI=1S/C12H8N2.2C5H7N2.Pt/c1-3-9-5-6-10-4-2-8-14-12(10)11(9)13-7-1;2*1-4-3-5(2)7-6-4;/h1-8H;2*3H,1-2H3;/q;2*-1;+2. The summed E-state index contributed by atoms with van der Waals surface area (Å²) in [5.41, 5.74) is 5.95. The van der Waals surface area contributed by atoms with E-state index in [1.165, 1.54) is 0 Å². The Morgan fingerprint density at radius 1 is 0.621 bits per heavy atom. The van der Waals surface area contributed by atoms with Crippen LogP contribution in [-0.4, -0.2) is 20.2 Å². The van der Waals surface area contributed by atoms with Gasteiger partial charge in [-0.25, -0.2) is 0 Å². The molecule has 0 atom stereocenters. The Hall–Kier alpha value is -2.85.